The Hall–Kier alpha value is -0.530. The zero-order valence-electron chi connectivity index (χ0n) is 16.9. The van der Waals surface area contributed by atoms with E-state index in [1.54, 1.807) is 0 Å². The maximum Gasteiger partial charge on any atom is 0.223 e. The van der Waals surface area contributed by atoms with E-state index in [0.717, 1.165) is 18.8 Å². The van der Waals surface area contributed by atoms with Gasteiger partial charge in [-0.2, -0.15) is 0 Å². The number of carbonyl (C=O) groups excluding carboxylic acids is 1. The van der Waals surface area contributed by atoms with Crippen molar-refractivity contribution in [3.8, 4) is 0 Å². The maximum atomic E-state index is 12.8. The van der Waals surface area contributed by atoms with Crippen LogP contribution in [0, 0.1) is 11.8 Å². The third kappa shape index (κ3) is 8.60. The number of hydrogen-bond donors (Lipinski definition) is 1. The molecule has 2 nitrogen and oxygen atoms in total. The van der Waals surface area contributed by atoms with Gasteiger partial charge in [0, 0.05) is 12.0 Å². The molecule has 0 heterocycles. The third-order valence-electron chi connectivity index (χ3n) is 6.64. The van der Waals surface area contributed by atoms with Gasteiger partial charge in [0.05, 0.1) is 0 Å². The van der Waals surface area contributed by atoms with Crippen LogP contribution in [-0.2, 0) is 4.79 Å². The number of carbonyl (C=O) groups is 1. The number of nitrogens with one attached hydrogen (secondary N) is 1. The Kier molecular flexibility index (Phi) is 10.6. The van der Waals surface area contributed by atoms with Crippen molar-refractivity contribution in [3.05, 3.63) is 0 Å². The lowest BCUT2D eigenvalue weighted by Crippen LogP contribution is -2.40. The molecule has 2 fully saturated rings. The highest BCUT2D eigenvalue weighted by molar-refractivity contribution is 5.79. The van der Waals surface area contributed by atoms with E-state index in [9.17, 15) is 4.79 Å². The number of unbranched alkanes of at least 4 members (excludes halogenated alkanes) is 1. The van der Waals surface area contributed by atoms with Crippen molar-refractivity contribution in [1.29, 1.82) is 0 Å². The van der Waals surface area contributed by atoms with Gasteiger partial charge in [-0.15, -0.1) is 0 Å². The molecule has 0 unspecified atom stereocenters. The van der Waals surface area contributed by atoms with E-state index >= 15 is 0 Å². The molecule has 25 heavy (non-hydrogen) atoms. The molecule has 2 aliphatic rings. The molecule has 2 aliphatic carbocycles. The molecule has 0 spiro atoms. The van der Waals surface area contributed by atoms with Crippen molar-refractivity contribution in [2.24, 2.45) is 11.8 Å². The minimum absolute atomic E-state index is 0.305. The standard InChI is InChI=1S/C23H43NO/c1-2-3-13-20-16-18-21(19-17-20)23(25)24-22-14-11-9-7-5-4-6-8-10-12-15-22/h20-22H,2-19H2,1H3,(H,24,25). The zero-order valence-corrected chi connectivity index (χ0v) is 16.9. The fourth-order valence-corrected chi connectivity index (χ4v) is 4.83. The fourth-order valence-electron chi connectivity index (χ4n) is 4.83. The van der Waals surface area contributed by atoms with Gasteiger partial charge in [-0.3, -0.25) is 4.79 Å². The van der Waals surface area contributed by atoms with Crippen LogP contribution in [0.1, 0.15) is 122 Å². The lowest BCUT2D eigenvalue weighted by atomic mass is 9.79. The second-order valence-corrected chi connectivity index (χ2v) is 8.82. The van der Waals surface area contributed by atoms with Gasteiger partial charge in [-0.05, 0) is 44.4 Å². The van der Waals surface area contributed by atoms with Crippen molar-refractivity contribution in [2.45, 2.75) is 129 Å². The molecule has 0 aliphatic heterocycles. The van der Waals surface area contributed by atoms with Gasteiger partial charge >= 0.3 is 0 Å². The van der Waals surface area contributed by atoms with E-state index in [2.05, 4.69) is 12.2 Å². The Morgan fingerprint density at radius 2 is 1.28 bits per heavy atom. The largest absolute Gasteiger partial charge is 0.353 e. The molecule has 1 amide bonds. The first-order chi connectivity index (χ1) is 12.3. The lowest BCUT2D eigenvalue weighted by Gasteiger charge is -2.29. The highest BCUT2D eigenvalue weighted by Gasteiger charge is 2.27. The summed E-state index contributed by atoms with van der Waals surface area (Å²) in [6.45, 7) is 2.28. The van der Waals surface area contributed by atoms with Crippen LogP contribution in [-0.4, -0.2) is 11.9 Å². The second-order valence-electron chi connectivity index (χ2n) is 8.82. The summed E-state index contributed by atoms with van der Waals surface area (Å²) in [5.41, 5.74) is 0. The van der Waals surface area contributed by atoms with Gasteiger partial charge < -0.3 is 5.32 Å². The molecule has 0 atom stereocenters. The quantitative estimate of drug-likeness (QED) is 0.583. The maximum absolute atomic E-state index is 12.8. The Morgan fingerprint density at radius 3 is 1.80 bits per heavy atom. The minimum atomic E-state index is 0.305. The van der Waals surface area contributed by atoms with Crippen LogP contribution < -0.4 is 5.32 Å². The summed E-state index contributed by atoms with van der Waals surface area (Å²) in [6, 6.07) is 0.449. The van der Waals surface area contributed by atoms with Gasteiger partial charge in [-0.25, -0.2) is 0 Å². The number of amides is 1. The molecule has 146 valence electrons. The monoisotopic (exact) mass is 349 g/mol. The van der Waals surface area contributed by atoms with E-state index in [1.165, 1.54) is 103 Å². The molecule has 0 saturated heterocycles. The highest BCUT2D eigenvalue weighted by Crippen LogP contribution is 2.32. The van der Waals surface area contributed by atoms with Crippen molar-refractivity contribution in [2.75, 3.05) is 0 Å². The lowest BCUT2D eigenvalue weighted by molar-refractivity contribution is -0.127. The molecule has 0 aromatic rings. The average molecular weight is 350 g/mol. The zero-order chi connectivity index (χ0) is 17.7. The fraction of sp³-hybridized carbons (Fsp3) is 0.957. The van der Waals surface area contributed by atoms with E-state index in [1.807, 2.05) is 0 Å². The average Bonchev–Trinajstić information content (AvgIpc) is 2.62. The van der Waals surface area contributed by atoms with Crippen molar-refractivity contribution in [3.63, 3.8) is 0 Å². The van der Waals surface area contributed by atoms with Crippen molar-refractivity contribution < 1.29 is 4.79 Å². The summed E-state index contributed by atoms with van der Waals surface area (Å²) < 4.78 is 0. The van der Waals surface area contributed by atoms with Crippen LogP contribution in [0.25, 0.3) is 0 Å². The SMILES string of the molecule is CCCCC1CCC(C(=O)NC2CCCCCCCCCCC2)CC1. The molecular weight excluding hydrogens is 306 g/mol. The van der Waals surface area contributed by atoms with Crippen LogP contribution >= 0.6 is 0 Å². The Morgan fingerprint density at radius 1 is 0.760 bits per heavy atom. The first kappa shape index (κ1) is 20.8. The molecule has 2 heteroatoms. The smallest absolute Gasteiger partial charge is 0.223 e. The van der Waals surface area contributed by atoms with Crippen molar-refractivity contribution >= 4 is 5.91 Å². The van der Waals surface area contributed by atoms with E-state index in [0.29, 0.717) is 17.9 Å². The third-order valence-corrected chi connectivity index (χ3v) is 6.64. The first-order valence-electron chi connectivity index (χ1n) is 11.6. The second kappa shape index (κ2) is 12.8. The minimum Gasteiger partial charge on any atom is -0.353 e. The van der Waals surface area contributed by atoms with Gasteiger partial charge in [0.2, 0.25) is 5.91 Å². The van der Waals surface area contributed by atoms with E-state index < -0.39 is 0 Å². The Balaban J connectivity index is 1.71. The highest BCUT2D eigenvalue weighted by atomic mass is 16.1. The van der Waals surface area contributed by atoms with E-state index in [-0.39, 0.29) is 0 Å². The number of rotatable bonds is 5. The van der Waals surface area contributed by atoms with Gasteiger partial charge in [0.1, 0.15) is 0 Å². The molecular formula is C23H43NO. The summed E-state index contributed by atoms with van der Waals surface area (Å²) in [5.74, 6) is 1.58. The van der Waals surface area contributed by atoms with Crippen LogP contribution in [0.3, 0.4) is 0 Å². The molecule has 0 aromatic carbocycles. The molecule has 0 radical (unpaired) electrons. The van der Waals surface area contributed by atoms with Crippen LogP contribution in [0.5, 0.6) is 0 Å². The van der Waals surface area contributed by atoms with Crippen molar-refractivity contribution in [1.82, 2.24) is 5.32 Å². The molecule has 1 N–H and O–H groups in total. The van der Waals surface area contributed by atoms with Crippen LogP contribution in [0.4, 0.5) is 0 Å². The molecule has 0 bridgehead atoms. The predicted octanol–water partition coefficient (Wildman–Crippen LogP) is 6.77. The predicted molar refractivity (Wildman–Crippen MR) is 108 cm³/mol. The summed E-state index contributed by atoms with van der Waals surface area (Å²) in [5, 5.41) is 3.46. The van der Waals surface area contributed by atoms with Gasteiger partial charge in [0.25, 0.3) is 0 Å². The summed E-state index contributed by atoms with van der Waals surface area (Å²) in [6.07, 6.45) is 23.6. The normalized spacial score (nSPS) is 27.9. The van der Waals surface area contributed by atoms with E-state index in [4.69, 9.17) is 0 Å². The molecule has 0 aromatic heterocycles. The summed E-state index contributed by atoms with van der Waals surface area (Å²) in [4.78, 5) is 12.8. The Bertz CT molecular complexity index is 334. The summed E-state index contributed by atoms with van der Waals surface area (Å²) in [7, 11) is 0. The first-order valence-corrected chi connectivity index (χ1v) is 11.6. The molecule has 2 rings (SSSR count). The van der Waals surface area contributed by atoms with Gasteiger partial charge in [0.15, 0.2) is 0 Å². The Labute approximate surface area is 156 Å². The van der Waals surface area contributed by atoms with Crippen LogP contribution in [0.15, 0.2) is 0 Å². The molecule has 2 saturated carbocycles. The van der Waals surface area contributed by atoms with Crippen LogP contribution in [0.2, 0.25) is 0 Å². The van der Waals surface area contributed by atoms with Gasteiger partial charge in [-0.1, -0.05) is 84.0 Å². The topological polar surface area (TPSA) is 29.1 Å². The number of hydrogen-bond acceptors (Lipinski definition) is 1. The summed E-state index contributed by atoms with van der Waals surface area (Å²) >= 11 is 0.